The first-order valence-corrected chi connectivity index (χ1v) is 13.4. The van der Waals surface area contributed by atoms with E-state index in [1.807, 2.05) is 43.3 Å². The highest BCUT2D eigenvalue weighted by atomic mass is 35.5. The maximum atomic E-state index is 13.5. The average molecular weight is 528 g/mol. The van der Waals surface area contributed by atoms with Gasteiger partial charge < -0.3 is 19.1 Å². The average Bonchev–Trinajstić information content (AvgIpc) is 2.90. The van der Waals surface area contributed by atoms with Crippen molar-refractivity contribution in [2.45, 2.75) is 71.5 Å². The summed E-state index contributed by atoms with van der Waals surface area (Å²) in [6.07, 6.45) is 3.92. The Balaban J connectivity index is 1.82. The van der Waals surface area contributed by atoms with Crippen LogP contribution in [-0.2, 0) is 25.7 Å². The largest absolute Gasteiger partial charge is 0.494 e. The second-order valence-electron chi connectivity index (χ2n) is 9.38. The summed E-state index contributed by atoms with van der Waals surface area (Å²) in [7, 11) is 1.65. The lowest BCUT2D eigenvalue weighted by Crippen LogP contribution is -2.42. The smallest absolute Gasteiger partial charge is 0.336 e. The Morgan fingerprint density at radius 1 is 1.08 bits per heavy atom. The van der Waals surface area contributed by atoms with Crippen LogP contribution in [0.1, 0.15) is 69.9 Å². The first-order chi connectivity index (χ1) is 17.9. The van der Waals surface area contributed by atoms with Crippen molar-refractivity contribution in [2.24, 2.45) is 0 Å². The van der Waals surface area contributed by atoms with E-state index in [2.05, 4.69) is 13.8 Å². The van der Waals surface area contributed by atoms with Crippen LogP contribution in [0.5, 0.6) is 5.75 Å². The Kier molecular flexibility index (Phi) is 11.0. The molecule has 0 fully saturated rings. The fourth-order valence-corrected chi connectivity index (χ4v) is 4.66. The van der Waals surface area contributed by atoms with Gasteiger partial charge in [-0.1, -0.05) is 62.6 Å². The molecule has 2 aromatic rings. The van der Waals surface area contributed by atoms with Gasteiger partial charge >= 0.3 is 5.97 Å². The van der Waals surface area contributed by atoms with Crippen LogP contribution in [0.25, 0.3) is 0 Å². The summed E-state index contributed by atoms with van der Waals surface area (Å²) in [5.74, 6) is -0.0744. The molecule has 0 bridgehead atoms. The van der Waals surface area contributed by atoms with Gasteiger partial charge in [0.2, 0.25) is 5.91 Å². The Morgan fingerprint density at radius 2 is 1.78 bits per heavy atom. The molecule has 1 heterocycles. The number of ether oxygens (including phenoxy) is 3. The van der Waals surface area contributed by atoms with Gasteiger partial charge in [-0.05, 0) is 55.2 Å². The van der Waals surface area contributed by atoms with E-state index in [-0.39, 0.29) is 25.0 Å². The van der Waals surface area contributed by atoms with Crippen molar-refractivity contribution in [3.63, 3.8) is 0 Å². The summed E-state index contributed by atoms with van der Waals surface area (Å²) in [5.41, 5.74) is 2.82. The molecule has 0 radical (unpaired) electrons. The standard InChI is InChI=1S/C30H38ClNO5/c1-5-7-17-36-25-15-9-22(10-16-25)20-37-30(34)29-21(3)32(19-26(35-4)8-6-2)28(33)18-27(29)23-11-13-24(31)14-12-23/h9-16,26-27H,5-8,17-20H2,1-4H3. The summed E-state index contributed by atoms with van der Waals surface area (Å²) >= 11 is 6.10. The second kappa shape index (κ2) is 14.2. The highest BCUT2D eigenvalue weighted by molar-refractivity contribution is 6.30. The predicted molar refractivity (Wildman–Crippen MR) is 146 cm³/mol. The molecule has 3 rings (SSSR count). The summed E-state index contributed by atoms with van der Waals surface area (Å²) < 4.78 is 17.1. The molecule has 1 aliphatic rings. The summed E-state index contributed by atoms with van der Waals surface area (Å²) in [4.78, 5) is 28.4. The van der Waals surface area contributed by atoms with Crippen LogP contribution < -0.4 is 4.74 Å². The highest BCUT2D eigenvalue weighted by Gasteiger charge is 2.37. The molecule has 1 aliphatic heterocycles. The molecule has 0 aromatic heterocycles. The van der Waals surface area contributed by atoms with E-state index in [1.165, 1.54) is 0 Å². The van der Waals surface area contributed by atoms with Crippen molar-refractivity contribution in [1.29, 1.82) is 0 Å². The molecule has 6 nitrogen and oxygen atoms in total. The Morgan fingerprint density at radius 3 is 2.41 bits per heavy atom. The summed E-state index contributed by atoms with van der Waals surface area (Å²) in [6.45, 7) is 7.23. The third-order valence-corrected chi connectivity index (χ3v) is 6.96. The molecule has 2 unspecified atom stereocenters. The molecule has 200 valence electrons. The number of carbonyl (C=O) groups excluding carboxylic acids is 2. The lowest BCUT2D eigenvalue weighted by molar-refractivity contribution is -0.141. The van der Waals surface area contributed by atoms with Crippen molar-refractivity contribution in [2.75, 3.05) is 20.3 Å². The third kappa shape index (κ3) is 7.83. The number of hydrogen-bond donors (Lipinski definition) is 0. The number of nitrogens with zero attached hydrogens (tertiary/aromatic N) is 1. The fourth-order valence-electron chi connectivity index (χ4n) is 4.53. The monoisotopic (exact) mass is 527 g/mol. The molecule has 7 heteroatoms. The van der Waals surface area contributed by atoms with Crippen LogP contribution in [0.3, 0.4) is 0 Å². The first-order valence-electron chi connectivity index (χ1n) is 13.1. The summed E-state index contributed by atoms with van der Waals surface area (Å²) in [5, 5.41) is 0.599. The number of methoxy groups -OCH3 is 1. The van der Waals surface area contributed by atoms with E-state index in [4.69, 9.17) is 25.8 Å². The van der Waals surface area contributed by atoms with Crippen LogP contribution in [0.15, 0.2) is 59.8 Å². The van der Waals surface area contributed by atoms with E-state index in [1.54, 1.807) is 24.1 Å². The van der Waals surface area contributed by atoms with Crippen LogP contribution in [-0.4, -0.2) is 43.1 Å². The van der Waals surface area contributed by atoms with Gasteiger partial charge in [-0.3, -0.25) is 4.79 Å². The normalized spacial score (nSPS) is 16.6. The van der Waals surface area contributed by atoms with E-state index in [0.29, 0.717) is 29.4 Å². The van der Waals surface area contributed by atoms with Gasteiger partial charge in [-0.25, -0.2) is 4.79 Å². The fraction of sp³-hybridized carbons (Fsp3) is 0.467. The van der Waals surface area contributed by atoms with E-state index < -0.39 is 11.9 Å². The van der Waals surface area contributed by atoms with Crippen LogP contribution in [0.4, 0.5) is 0 Å². The Labute approximate surface area is 225 Å². The summed E-state index contributed by atoms with van der Waals surface area (Å²) in [6, 6.07) is 14.9. The van der Waals surface area contributed by atoms with Crippen molar-refractivity contribution in [3.8, 4) is 5.75 Å². The molecule has 2 atom stereocenters. The van der Waals surface area contributed by atoms with Gasteiger partial charge in [-0.2, -0.15) is 0 Å². The van der Waals surface area contributed by atoms with E-state index in [0.717, 1.165) is 42.6 Å². The SMILES string of the molecule is CCCCOc1ccc(COC(=O)C2=C(C)N(CC(CCC)OC)C(=O)CC2c2ccc(Cl)cc2)cc1. The number of rotatable bonds is 13. The van der Waals surface area contributed by atoms with Gasteiger partial charge in [0.05, 0.1) is 24.8 Å². The number of carbonyl (C=O) groups is 2. The molecule has 0 N–H and O–H groups in total. The quantitative estimate of drug-likeness (QED) is 0.215. The van der Waals surface area contributed by atoms with Crippen LogP contribution >= 0.6 is 11.6 Å². The van der Waals surface area contributed by atoms with Crippen molar-refractivity contribution < 1.29 is 23.8 Å². The predicted octanol–water partition coefficient (Wildman–Crippen LogP) is 6.67. The maximum absolute atomic E-state index is 13.5. The number of benzene rings is 2. The van der Waals surface area contributed by atoms with Gasteiger partial charge in [0.1, 0.15) is 12.4 Å². The molecule has 2 aromatic carbocycles. The van der Waals surface area contributed by atoms with Gasteiger partial charge in [0.15, 0.2) is 0 Å². The minimum absolute atomic E-state index is 0.0363. The third-order valence-electron chi connectivity index (χ3n) is 6.71. The van der Waals surface area contributed by atoms with Gasteiger partial charge in [0, 0.05) is 30.2 Å². The zero-order valence-corrected chi connectivity index (χ0v) is 23.1. The van der Waals surface area contributed by atoms with Crippen molar-refractivity contribution in [1.82, 2.24) is 4.90 Å². The highest BCUT2D eigenvalue weighted by Crippen LogP contribution is 2.38. The Bertz CT molecular complexity index is 1060. The van der Waals surface area contributed by atoms with Gasteiger partial charge in [0.25, 0.3) is 0 Å². The number of allylic oxidation sites excluding steroid dienone is 1. The minimum Gasteiger partial charge on any atom is -0.494 e. The van der Waals surface area contributed by atoms with E-state index >= 15 is 0 Å². The molecule has 0 aliphatic carbocycles. The molecule has 0 saturated heterocycles. The van der Waals surface area contributed by atoms with E-state index in [9.17, 15) is 9.59 Å². The topological polar surface area (TPSA) is 65.1 Å². The molecule has 37 heavy (non-hydrogen) atoms. The van der Waals surface area contributed by atoms with Crippen LogP contribution in [0, 0.1) is 0 Å². The van der Waals surface area contributed by atoms with Crippen molar-refractivity contribution in [3.05, 3.63) is 76.0 Å². The molecule has 1 amide bonds. The second-order valence-corrected chi connectivity index (χ2v) is 9.82. The lowest BCUT2D eigenvalue weighted by Gasteiger charge is -2.36. The molecule has 0 spiro atoms. The number of hydrogen-bond acceptors (Lipinski definition) is 5. The lowest BCUT2D eigenvalue weighted by atomic mass is 9.83. The zero-order valence-electron chi connectivity index (χ0n) is 22.3. The Hall–Kier alpha value is -2.83. The first kappa shape index (κ1) is 28.7. The number of unbranched alkanes of at least 4 members (excludes halogenated alkanes) is 1. The maximum Gasteiger partial charge on any atom is 0.336 e. The number of esters is 1. The van der Waals surface area contributed by atoms with Crippen LogP contribution in [0.2, 0.25) is 5.02 Å². The van der Waals surface area contributed by atoms with Crippen molar-refractivity contribution >= 4 is 23.5 Å². The molecular formula is C30H38ClNO5. The minimum atomic E-state index is -0.428. The number of amides is 1. The van der Waals surface area contributed by atoms with Gasteiger partial charge in [-0.15, -0.1) is 0 Å². The molecule has 0 saturated carbocycles. The number of halogens is 1. The zero-order chi connectivity index (χ0) is 26.8. The molecular weight excluding hydrogens is 490 g/mol.